The molecule has 0 aromatic heterocycles. The predicted octanol–water partition coefficient (Wildman–Crippen LogP) is 0.0241. The molecule has 29 heavy (non-hydrogen) atoms. The number of hydrogen-bond donors (Lipinski definition) is 2. The zero-order chi connectivity index (χ0) is 21.8. The van der Waals surface area contributed by atoms with E-state index in [1.54, 1.807) is 6.92 Å². The van der Waals surface area contributed by atoms with Crippen LogP contribution in [0, 0.1) is 94.7 Å². The van der Waals surface area contributed by atoms with E-state index in [9.17, 15) is 13.8 Å². The minimum atomic E-state index is -4.78. The number of esters is 1. The normalized spacial score (nSPS) is 8.41. The molecule has 0 saturated heterocycles. The molecule has 0 aromatic carbocycles. The smallest absolute Gasteiger partial charge is 0.453 e. The number of ether oxygens (including phenoxy) is 1. The van der Waals surface area contributed by atoms with Crippen LogP contribution < -0.4 is 0 Å². The predicted molar refractivity (Wildman–Crippen MR) is 102 cm³/mol. The molecule has 0 spiro atoms. The maximum Gasteiger partial charge on any atom is 0.469 e. The van der Waals surface area contributed by atoms with Gasteiger partial charge < -0.3 is 14.5 Å². The monoisotopic (exact) mass is 408 g/mol. The zero-order valence-electron chi connectivity index (χ0n) is 14.8. The number of halogens is 1. The third kappa shape index (κ3) is 20.2. The summed E-state index contributed by atoms with van der Waals surface area (Å²) in [6.45, 7) is -0.0476. The molecule has 1 atom stereocenters. The van der Waals surface area contributed by atoms with E-state index in [0.29, 0.717) is 0 Å². The number of carbonyl (C=O) groups is 1. The summed E-state index contributed by atoms with van der Waals surface area (Å²) in [4.78, 5) is 27.9. The van der Waals surface area contributed by atoms with E-state index in [1.807, 2.05) is 5.92 Å². The van der Waals surface area contributed by atoms with E-state index in [-0.39, 0.29) is 0 Å². The van der Waals surface area contributed by atoms with Crippen molar-refractivity contribution in [3.63, 3.8) is 0 Å². The number of alkyl halides is 1. The summed E-state index contributed by atoms with van der Waals surface area (Å²) in [5.74, 6) is 36.8. The van der Waals surface area contributed by atoms with Gasteiger partial charge in [0.1, 0.15) is 6.61 Å². The molecule has 0 bridgehead atoms. The van der Waals surface area contributed by atoms with Crippen molar-refractivity contribution in [2.45, 2.75) is 13.1 Å². The summed E-state index contributed by atoms with van der Waals surface area (Å²) in [6, 6.07) is 0. The van der Waals surface area contributed by atoms with Crippen LogP contribution in [0.15, 0.2) is 0 Å². The molecule has 0 rings (SSSR count). The SMILES string of the molecule is CC#CC#CC#CC#CC#CC#CC#CC#CC(=O)OC[C@@H](F)COP(=O)(O)O. The Labute approximate surface area is 168 Å². The van der Waals surface area contributed by atoms with Gasteiger partial charge >= 0.3 is 13.8 Å². The summed E-state index contributed by atoms with van der Waals surface area (Å²) < 4.78 is 31.8. The first kappa shape index (κ1) is 25.0. The molecule has 0 saturated carbocycles. The van der Waals surface area contributed by atoms with Crippen LogP contribution in [0.25, 0.3) is 0 Å². The van der Waals surface area contributed by atoms with Gasteiger partial charge in [0.05, 0.1) is 6.61 Å². The lowest BCUT2D eigenvalue weighted by Crippen LogP contribution is -2.18. The molecule has 0 heterocycles. The summed E-state index contributed by atoms with van der Waals surface area (Å²) in [7, 11) is -4.78. The van der Waals surface area contributed by atoms with E-state index in [2.05, 4.69) is 98.1 Å². The molecule has 2 N–H and O–H groups in total. The number of phosphoric acid groups is 1. The largest absolute Gasteiger partial charge is 0.469 e. The van der Waals surface area contributed by atoms with E-state index < -0.39 is 33.2 Å². The molecular formula is C21H10FO6P. The summed E-state index contributed by atoms with van der Waals surface area (Å²) in [5.41, 5.74) is 0. The van der Waals surface area contributed by atoms with Crippen LogP contribution >= 0.6 is 7.82 Å². The Morgan fingerprint density at radius 2 is 1.24 bits per heavy atom. The van der Waals surface area contributed by atoms with Crippen molar-refractivity contribution in [3.05, 3.63) is 0 Å². The maximum absolute atomic E-state index is 13.1. The molecule has 0 amide bonds. The van der Waals surface area contributed by atoms with E-state index >= 15 is 0 Å². The van der Waals surface area contributed by atoms with Crippen LogP contribution in [0.4, 0.5) is 4.39 Å². The number of hydrogen-bond acceptors (Lipinski definition) is 4. The van der Waals surface area contributed by atoms with Crippen LogP contribution in [0.1, 0.15) is 6.92 Å². The molecule has 0 aromatic rings. The fourth-order valence-electron chi connectivity index (χ4n) is 0.948. The third-order valence-electron chi connectivity index (χ3n) is 1.92. The first-order valence-corrected chi connectivity index (χ1v) is 8.82. The Hall–Kier alpha value is -4.01. The maximum atomic E-state index is 13.1. The molecule has 0 aliphatic heterocycles. The van der Waals surface area contributed by atoms with Gasteiger partial charge in [-0.3, -0.25) is 4.52 Å². The van der Waals surface area contributed by atoms with Gasteiger partial charge in [0.2, 0.25) is 0 Å². The number of phosphoric ester groups is 1. The van der Waals surface area contributed by atoms with Crippen molar-refractivity contribution in [3.8, 4) is 94.7 Å². The molecule has 0 aliphatic carbocycles. The van der Waals surface area contributed by atoms with Crippen LogP contribution in [0.5, 0.6) is 0 Å². The lowest BCUT2D eigenvalue weighted by atomic mass is 10.4. The molecule has 142 valence electrons. The Kier molecular flexibility index (Phi) is 13.9. The zero-order valence-corrected chi connectivity index (χ0v) is 15.7. The van der Waals surface area contributed by atoms with Crippen LogP contribution in [-0.4, -0.2) is 35.1 Å². The molecule has 0 fully saturated rings. The van der Waals surface area contributed by atoms with Crippen molar-refractivity contribution in [1.29, 1.82) is 0 Å². The highest BCUT2D eigenvalue weighted by atomic mass is 31.2. The van der Waals surface area contributed by atoms with E-state index in [4.69, 9.17) is 9.79 Å². The standard InChI is InChI=1S/C21H10FO6P/c1-2-3-4-5-6-7-8-9-10-11-12-13-14-15-16-17-21(23)27-18-20(22)19-28-29(24,25)26/h20H,18-19H2,1H3,(H2,24,25,26)/t20-/m1/s1. The van der Waals surface area contributed by atoms with Crippen molar-refractivity contribution >= 4 is 13.8 Å². The number of carbonyl (C=O) groups excluding carboxylic acids is 1. The first-order chi connectivity index (χ1) is 13.8. The molecular weight excluding hydrogens is 398 g/mol. The van der Waals surface area contributed by atoms with Gasteiger partial charge in [-0.05, 0) is 89.8 Å². The van der Waals surface area contributed by atoms with Gasteiger partial charge in [-0.2, -0.15) is 0 Å². The van der Waals surface area contributed by atoms with E-state index in [0.717, 1.165) is 0 Å². The van der Waals surface area contributed by atoms with Gasteiger partial charge in [-0.25, -0.2) is 13.8 Å². The van der Waals surface area contributed by atoms with Gasteiger partial charge in [0, 0.05) is 5.92 Å². The number of rotatable bonds is 5. The first-order valence-electron chi connectivity index (χ1n) is 7.29. The quantitative estimate of drug-likeness (QED) is 0.289. The van der Waals surface area contributed by atoms with Crippen molar-refractivity contribution in [2.24, 2.45) is 0 Å². The molecule has 0 radical (unpaired) electrons. The summed E-state index contributed by atoms with van der Waals surface area (Å²) >= 11 is 0. The van der Waals surface area contributed by atoms with E-state index in [1.165, 1.54) is 0 Å². The minimum absolute atomic E-state index is 0.777. The third-order valence-corrected chi connectivity index (χ3v) is 2.41. The minimum Gasteiger partial charge on any atom is -0.453 e. The van der Waals surface area contributed by atoms with Gasteiger partial charge in [0.15, 0.2) is 6.17 Å². The van der Waals surface area contributed by atoms with Crippen LogP contribution in [0.2, 0.25) is 0 Å². The second kappa shape index (κ2) is 16.2. The fourth-order valence-corrected chi connectivity index (χ4v) is 1.30. The lowest BCUT2D eigenvalue weighted by Gasteiger charge is -2.08. The topological polar surface area (TPSA) is 93.1 Å². The Bertz CT molecular complexity index is 1150. The average Bonchev–Trinajstić information content (AvgIpc) is 2.67. The highest BCUT2D eigenvalue weighted by Crippen LogP contribution is 2.35. The highest BCUT2D eigenvalue weighted by molar-refractivity contribution is 7.46. The van der Waals surface area contributed by atoms with Gasteiger partial charge in [-0.15, -0.1) is 0 Å². The van der Waals surface area contributed by atoms with Crippen molar-refractivity contribution < 1.29 is 32.8 Å². The second-order valence-corrected chi connectivity index (χ2v) is 5.35. The lowest BCUT2D eigenvalue weighted by molar-refractivity contribution is -0.138. The second-order valence-electron chi connectivity index (χ2n) is 4.11. The fraction of sp³-hybridized carbons (Fsp3) is 0.190. The summed E-state index contributed by atoms with van der Waals surface area (Å²) in [6.07, 6.45) is -1.92. The Morgan fingerprint density at radius 3 is 1.66 bits per heavy atom. The Balaban J connectivity index is 4.31. The van der Waals surface area contributed by atoms with Crippen molar-refractivity contribution in [2.75, 3.05) is 13.2 Å². The summed E-state index contributed by atoms with van der Waals surface area (Å²) in [5, 5.41) is 0. The molecule has 0 aliphatic rings. The molecule has 6 nitrogen and oxygen atoms in total. The Morgan fingerprint density at radius 1 is 0.828 bits per heavy atom. The molecule has 8 heteroatoms. The van der Waals surface area contributed by atoms with Gasteiger partial charge in [-0.1, -0.05) is 5.92 Å². The van der Waals surface area contributed by atoms with Crippen LogP contribution in [0.3, 0.4) is 0 Å². The van der Waals surface area contributed by atoms with Crippen LogP contribution in [-0.2, 0) is 18.6 Å². The molecule has 0 unspecified atom stereocenters. The van der Waals surface area contributed by atoms with Crippen molar-refractivity contribution in [1.82, 2.24) is 0 Å². The van der Waals surface area contributed by atoms with Gasteiger partial charge in [0.25, 0.3) is 0 Å². The average molecular weight is 408 g/mol. The highest BCUT2D eigenvalue weighted by Gasteiger charge is 2.18.